The van der Waals surface area contributed by atoms with Crippen LogP contribution in [-0.2, 0) is 0 Å². The number of likely N-dealkylation sites (N-methyl/N-ethyl adjacent to an activating group) is 2. The zero-order valence-corrected chi connectivity index (χ0v) is 15.2. The summed E-state index contributed by atoms with van der Waals surface area (Å²) in [5.41, 5.74) is 0.641. The molecule has 0 radical (unpaired) electrons. The smallest absolute Gasteiger partial charge is 0.329 e. The van der Waals surface area contributed by atoms with Crippen LogP contribution in [0.3, 0.4) is 0 Å². The van der Waals surface area contributed by atoms with Crippen LogP contribution in [0.4, 0.5) is 23.1 Å². The first-order valence-electron chi connectivity index (χ1n) is 7.84. The highest BCUT2D eigenvalue weighted by Gasteiger charge is 2.22. The van der Waals surface area contributed by atoms with Gasteiger partial charge in [-0.15, -0.1) is 0 Å². The maximum absolute atomic E-state index is 11.3. The number of hydrogen-bond acceptors (Lipinski definition) is 7. The summed E-state index contributed by atoms with van der Waals surface area (Å²) in [6.45, 7) is 3.93. The Morgan fingerprint density at radius 1 is 1.24 bits per heavy atom. The van der Waals surface area contributed by atoms with Crippen molar-refractivity contribution in [2.45, 2.75) is 6.92 Å². The zero-order valence-electron chi connectivity index (χ0n) is 14.4. The molecule has 1 heterocycles. The van der Waals surface area contributed by atoms with Crippen molar-refractivity contribution in [1.29, 1.82) is 0 Å². The number of nitro groups is 1. The minimum Gasteiger partial charge on any atom is -0.350 e. The van der Waals surface area contributed by atoms with E-state index in [1.54, 1.807) is 24.3 Å². The van der Waals surface area contributed by atoms with Crippen LogP contribution in [0.15, 0.2) is 30.5 Å². The fourth-order valence-electron chi connectivity index (χ4n) is 2.19. The van der Waals surface area contributed by atoms with Crippen LogP contribution in [0.2, 0.25) is 5.02 Å². The van der Waals surface area contributed by atoms with Crippen molar-refractivity contribution in [3.8, 4) is 0 Å². The lowest BCUT2D eigenvalue weighted by Gasteiger charge is -2.23. The third-order valence-electron chi connectivity index (χ3n) is 3.55. The van der Waals surface area contributed by atoms with Crippen LogP contribution in [0.25, 0.3) is 0 Å². The first-order valence-corrected chi connectivity index (χ1v) is 8.22. The predicted molar refractivity (Wildman–Crippen MR) is 99.9 cm³/mol. The molecule has 134 valence electrons. The third-order valence-corrected chi connectivity index (χ3v) is 3.80. The van der Waals surface area contributed by atoms with Crippen LogP contribution in [0.5, 0.6) is 0 Å². The number of rotatable bonds is 8. The average Bonchev–Trinajstić information content (AvgIpc) is 2.57. The topological polar surface area (TPSA) is 87.4 Å². The van der Waals surface area contributed by atoms with Gasteiger partial charge in [0.2, 0.25) is 11.8 Å². The van der Waals surface area contributed by atoms with Crippen molar-refractivity contribution in [1.82, 2.24) is 14.9 Å². The molecule has 0 aliphatic carbocycles. The molecule has 0 spiro atoms. The molecule has 0 saturated carbocycles. The van der Waals surface area contributed by atoms with Gasteiger partial charge in [-0.3, -0.25) is 10.1 Å². The molecule has 0 bridgehead atoms. The number of benzene rings is 1. The molecule has 0 unspecified atom stereocenters. The zero-order chi connectivity index (χ0) is 18.4. The lowest BCUT2D eigenvalue weighted by molar-refractivity contribution is -0.384. The van der Waals surface area contributed by atoms with Gasteiger partial charge in [0.1, 0.15) is 6.20 Å². The summed E-state index contributed by atoms with van der Waals surface area (Å²) in [5.74, 6) is 0.604. The maximum Gasteiger partial charge on any atom is 0.329 e. The van der Waals surface area contributed by atoms with Gasteiger partial charge >= 0.3 is 5.69 Å². The summed E-state index contributed by atoms with van der Waals surface area (Å²) in [5, 5.41) is 15.0. The molecule has 0 amide bonds. The van der Waals surface area contributed by atoms with E-state index >= 15 is 0 Å². The molecule has 25 heavy (non-hydrogen) atoms. The summed E-state index contributed by atoms with van der Waals surface area (Å²) < 4.78 is 0. The highest BCUT2D eigenvalue weighted by atomic mass is 35.5. The molecule has 8 nitrogen and oxygen atoms in total. The molecule has 1 N–H and O–H groups in total. The van der Waals surface area contributed by atoms with E-state index in [1.165, 1.54) is 6.20 Å². The van der Waals surface area contributed by atoms with Gasteiger partial charge in [-0.2, -0.15) is 4.98 Å². The number of anilines is 3. The van der Waals surface area contributed by atoms with Gasteiger partial charge in [0.05, 0.1) is 4.92 Å². The number of halogens is 1. The number of hydrogen-bond donors (Lipinski definition) is 1. The van der Waals surface area contributed by atoms with Crippen molar-refractivity contribution in [2.75, 3.05) is 43.9 Å². The van der Waals surface area contributed by atoms with Gasteiger partial charge in [-0.1, -0.05) is 11.6 Å². The van der Waals surface area contributed by atoms with E-state index in [1.807, 2.05) is 30.8 Å². The summed E-state index contributed by atoms with van der Waals surface area (Å²) >= 11 is 5.87. The van der Waals surface area contributed by atoms with Gasteiger partial charge < -0.3 is 15.1 Å². The van der Waals surface area contributed by atoms with Crippen molar-refractivity contribution in [3.05, 3.63) is 45.6 Å². The summed E-state index contributed by atoms with van der Waals surface area (Å²) in [6, 6.07) is 7.06. The lowest BCUT2D eigenvalue weighted by Crippen LogP contribution is -2.32. The van der Waals surface area contributed by atoms with Gasteiger partial charge in [-0.05, 0) is 45.3 Å². The van der Waals surface area contributed by atoms with E-state index in [2.05, 4.69) is 15.3 Å². The second kappa shape index (κ2) is 8.59. The van der Waals surface area contributed by atoms with Gasteiger partial charge in [0, 0.05) is 30.3 Å². The number of nitrogens with zero attached hydrogens (tertiary/aromatic N) is 5. The standard InChI is InChI=1S/C16H21ClN6O2/c1-4-22(10-9-21(2)3)15-14(23(24)25)11-18-16(20-15)19-13-7-5-12(17)6-8-13/h5-8,11H,4,9-10H2,1-3H3,(H,18,19,20). The molecule has 9 heteroatoms. The third kappa shape index (κ3) is 5.27. The predicted octanol–water partition coefficient (Wildman–Crippen LogP) is 3.17. The molecule has 0 saturated heterocycles. The molecule has 0 aliphatic rings. The van der Waals surface area contributed by atoms with Gasteiger partial charge in [0.25, 0.3) is 0 Å². The average molecular weight is 365 g/mol. The Morgan fingerprint density at radius 3 is 2.48 bits per heavy atom. The Morgan fingerprint density at radius 2 is 1.92 bits per heavy atom. The van der Waals surface area contributed by atoms with E-state index in [9.17, 15) is 10.1 Å². The summed E-state index contributed by atoms with van der Waals surface area (Å²) in [7, 11) is 3.91. The monoisotopic (exact) mass is 364 g/mol. The highest BCUT2D eigenvalue weighted by molar-refractivity contribution is 6.30. The van der Waals surface area contributed by atoms with E-state index in [0.29, 0.717) is 29.9 Å². The molecule has 0 aliphatic heterocycles. The fraction of sp³-hybridized carbons (Fsp3) is 0.375. The second-order valence-corrected chi connectivity index (χ2v) is 6.11. The van der Waals surface area contributed by atoms with Crippen LogP contribution >= 0.6 is 11.6 Å². The van der Waals surface area contributed by atoms with Crippen molar-refractivity contribution < 1.29 is 4.92 Å². The van der Waals surface area contributed by atoms with Crippen molar-refractivity contribution >= 4 is 34.7 Å². The molecular weight excluding hydrogens is 344 g/mol. The molecule has 2 aromatic rings. The molecule has 0 atom stereocenters. The summed E-state index contributed by atoms with van der Waals surface area (Å²) in [4.78, 5) is 23.2. The van der Waals surface area contributed by atoms with Crippen LogP contribution in [-0.4, -0.2) is 53.5 Å². The molecular formula is C16H21ClN6O2. The fourth-order valence-corrected chi connectivity index (χ4v) is 2.31. The Bertz CT molecular complexity index is 723. The van der Waals surface area contributed by atoms with E-state index in [-0.39, 0.29) is 5.69 Å². The maximum atomic E-state index is 11.3. The molecule has 1 aromatic heterocycles. The van der Waals surface area contributed by atoms with E-state index in [0.717, 1.165) is 12.2 Å². The summed E-state index contributed by atoms with van der Waals surface area (Å²) in [6.07, 6.45) is 1.24. The first kappa shape index (κ1) is 18.9. The quantitative estimate of drug-likeness (QED) is 0.568. The largest absolute Gasteiger partial charge is 0.350 e. The van der Waals surface area contributed by atoms with E-state index < -0.39 is 4.92 Å². The number of aromatic nitrogens is 2. The Balaban J connectivity index is 2.31. The van der Waals surface area contributed by atoms with Crippen LogP contribution < -0.4 is 10.2 Å². The normalized spacial score (nSPS) is 10.8. The molecule has 2 rings (SSSR count). The Labute approximate surface area is 151 Å². The van der Waals surface area contributed by atoms with E-state index in [4.69, 9.17) is 11.6 Å². The highest BCUT2D eigenvalue weighted by Crippen LogP contribution is 2.27. The Kier molecular flexibility index (Phi) is 6.49. The minimum absolute atomic E-state index is 0.109. The van der Waals surface area contributed by atoms with Crippen molar-refractivity contribution in [2.24, 2.45) is 0 Å². The SMILES string of the molecule is CCN(CCN(C)C)c1nc(Nc2ccc(Cl)cc2)ncc1[N+](=O)[O-]. The minimum atomic E-state index is -0.459. The number of nitrogens with one attached hydrogen (secondary N) is 1. The molecule has 0 fully saturated rings. The van der Waals surface area contributed by atoms with Gasteiger partial charge in [0.15, 0.2) is 0 Å². The molecule has 1 aromatic carbocycles. The van der Waals surface area contributed by atoms with Crippen LogP contribution in [0.1, 0.15) is 6.92 Å². The first-order chi connectivity index (χ1) is 11.9. The Hall–Kier alpha value is -2.45. The van der Waals surface area contributed by atoms with Crippen LogP contribution in [0, 0.1) is 10.1 Å². The lowest BCUT2D eigenvalue weighted by atomic mass is 10.3. The van der Waals surface area contributed by atoms with Crippen molar-refractivity contribution in [3.63, 3.8) is 0 Å². The van der Waals surface area contributed by atoms with Gasteiger partial charge in [-0.25, -0.2) is 4.98 Å². The second-order valence-electron chi connectivity index (χ2n) is 5.67.